The van der Waals surface area contributed by atoms with Gasteiger partial charge in [0.1, 0.15) is 0 Å². The van der Waals surface area contributed by atoms with Gasteiger partial charge in [0.2, 0.25) is 0 Å². The van der Waals surface area contributed by atoms with E-state index in [9.17, 15) is 9.90 Å². The lowest BCUT2D eigenvalue weighted by atomic mass is 9.91. The minimum atomic E-state index is -0.550. The van der Waals surface area contributed by atoms with Crippen LogP contribution in [0.5, 0.6) is 0 Å². The molecule has 0 aromatic carbocycles. The smallest absolute Gasteiger partial charge is 0.311 e. The molecule has 0 aliphatic heterocycles. The van der Waals surface area contributed by atoms with Gasteiger partial charge in [0.25, 0.3) is 0 Å². The second-order valence-electron chi connectivity index (χ2n) is 29.5. The number of ether oxygens (including phenoxy) is 1. The van der Waals surface area contributed by atoms with E-state index >= 15 is 0 Å². The van der Waals surface area contributed by atoms with Gasteiger partial charge < -0.3 is 9.84 Å². The molecule has 2 rings (SSSR count). The maximum absolute atomic E-state index is 12.6. The largest absolute Gasteiger partial charge is 0.469 e. The molecular weight excluding hydrogens is 1020 g/mol. The number of methoxy groups -OCH3 is 1. The Labute approximate surface area is 530 Å². The summed E-state index contributed by atoms with van der Waals surface area (Å²) in [6.07, 6.45) is 100. The highest BCUT2D eigenvalue weighted by Crippen LogP contribution is 2.47. The van der Waals surface area contributed by atoms with Crippen molar-refractivity contribution in [1.82, 2.24) is 0 Å². The standard InChI is InChI=1S/C81H158O3/c1-4-6-8-10-12-14-16-18-20-22-24-25-26-27-29-31-33-41-47-53-59-65-71-79(81(83)84-3)80(82)72-66-60-54-48-42-36-40-46-52-58-64-70-78-74-77(78)69-63-57-51-45-39-35-34-38-44-50-56-62-68-76-73-75(76)67-61-55-49-43-37-32-30-28-23-21-19-17-15-13-11-9-7-5-2/h75-80,82H,4-74H2,1-3H3. The molecule has 0 amide bonds. The number of hydrogen-bond acceptors (Lipinski definition) is 3. The summed E-state index contributed by atoms with van der Waals surface area (Å²) in [7, 11) is 1.48. The maximum Gasteiger partial charge on any atom is 0.311 e. The molecule has 0 aromatic heterocycles. The summed E-state index contributed by atoms with van der Waals surface area (Å²) in [6.45, 7) is 4.62. The fourth-order valence-electron chi connectivity index (χ4n) is 15.1. The van der Waals surface area contributed by atoms with Gasteiger partial charge in [-0.1, -0.05) is 444 Å². The Morgan fingerprint density at radius 2 is 0.440 bits per heavy atom. The van der Waals surface area contributed by atoms with Crippen molar-refractivity contribution in [1.29, 1.82) is 0 Å². The summed E-state index contributed by atoms with van der Waals surface area (Å²) in [5.74, 6) is 3.85. The predicted octanol–water partition coefficient (Wildman–Crippen LogP) is 28.4. The van der Waals surface area contributed by atoms with Crippen LogP contribution in [0.3, 0.4) is 0 Å². The number of aliphatic hydroxyl groups is 1. The third-order valence-electron chi connectivity index (χ3n) is 21.4. The van der Waals surface area contributed by atoms with Crippen molar-refractivity contribution in [2.75, 3.05) is 7.11 Å². The number of carbonyl (C=O) groups excluding carboxylic acids is 1. The molecule has 0 aromatic rings. The van der Waals surface area contributed by atoms with Gasteiger partial charge in [0.05, 0.1) is 19.1 Å². The van der Waals surface area contributed by atoms with Gasteiger partial charge in [-0.05, 0) is 49.4 Å². The van der Waals surface area contributed by atoms with Crippen molar-refractivity contribution < 1.29 is 14.6 Å². The number of esters is 1. The molecule has 2 fully saturated rings. The van der Waals surface area contributed by atoms with Gasteiger partial charge in [-0.3, -0.25) is 4.79 Å². The van der Waals surface area contributed by atoms with Crippen LogP contribution in [0.4, 0.5) is 0 Å². The zero-order chi connectivity index (χ0) is 60.0. The number of carbonyl (C=O) groups is 1. The molecule has 0 saturated heterocycles. The van der Waals surface area contributed by atoms with Gasteiger partial charge in [-0.25, -0.2) is 0 Å². The lowest BCUT2D eigenvalue weighted by Gasteiger charge is -2.20. The van der Waals surface area contributed by atoms with E-state index in [0.29, 0.717) is 0 Å². The molecule has 0 radical (unpaired) electrons. The van der Waals surface area contributed by atoms with E-state index in [0.717, 1.165) is 49.4 Å². The van der Waals surface area contributed by atoms with Crippen LogP contribution < -0.4 is 0 Å². The van der Waals surface area contributed by atoms with Crippen LogP contribution in [0.25, 0.3) is 0 Å². The topological polar surface area (TPSA) is 46.5 Å². The zero-order valence-electron chi connectivity index (χ0n) is 58.4. The fraction of sp³-hybridized carbons (Fsp3) is 0.988. The maximum atomic E-state index is 12.6. The van der Waals surface area contributed by atoms with Gasteiger partial charge in [0.15, 0.2) is 0 Å². The van der Waals surface area contributed by atoms with Gasteiger partial charge in [-0.15, -0.1) is 0 Å². The van der Waals surface area contributed by atoms with Crippen LogP contribution in [-0.4, -0.2) is 24.3 Å². The SMILES string of the molecule is CCCCCCCCCCCCCCCCCCCCCCCCC(C(=O)OC)C(O)CCCCCCCCCCCCCC1CC1CCCCCCCCCCCCCCC1CC1CCCCCCCCCCCCCCCCCCCC. The normalized spacial score (nSPS) is 17.3. The predicted molar refractivity (Wildman–Crippen MR) is 375 cm³/mol. The van der Waals surface area contributed by atoms with E-state index in [1.165, 1.54) is 412 Å². The Hall–Kier alpha value is -0.570. The molecule has 6 unspecified atom stereocenters. The van der Waals surface area contributed by atoms with E-state index < -0.39 is 6.10 Å². The molecule has 3 heteroatoms. The summed E-state index contributed by atoms with van der Waals surface area (Å²) in [6, 6.07) is 0. The summed E-state index contributed by atoms with van der Waals surface area (Å²) < 4.78 is 5.13. The van der Waals surface area contributed by atoms with E-state index in [2.05, 4.69) is 13.8 Å². The number of aliphatic hydroxyl groups excluding tert-OH is 1. The van der Waals surface area contributed by atoms with E-state index in [4.69, 9.17) is 4.74 Å². The minimum absolute atomic E-state index is 0.208. The van der Waals surface area contributed by atoms with Crippen LogP contribution in [0, 0.1) is 29.6 Å². The average molecular weight is 1180 g/mol. The van der Waals surface area contributed by atoms with Crippen molar-refractivity contribution in [2.45, 2.75) is 476 Å². The molecule has 0 spiro atoms. The zero-order valence-corrected chi connectivity index (χ0v) is 58.4. The minimum Gasteiger partial charge on any atom is -0.469 e. The van der Waals surface area contributed by atoms with Gasteiger partial charge in [0, 0.05) is 0 Å². The quantitative estimate of drug-likeness (QED) is 0.0488. The average Bonchev–Trinajstić information content (AvgIpc) is 4.45. The van der Waals surface area contributed by atoms with Crippen molar-refractivity contribution in [3.8, 4) is 0 Å². The molecule has 6 atom stereocenters. The molecule has 3 nitrogen and oxygen atoms in total. The molecule has 0 heterocycles. The molecule has 0 bridgehead atoms. The third kappa shape index (κ3) is 54.4. The van der Waals surface area contributed by atoms with Crippen molar-refractivity contribution >= 4 is 5.97 Å². The van der Waals surface area contributed by atoms with E-state index in [-0.39, 0.29) is 11.9 Å². The summed E-state index contributed by atoms with van der Waals surface area (Å²) in [5, 5.41) is 11.0. The molecule has 500 valence electrons. The molecule has 2 aliphatic carbocycles. The Bertz CT molecular complexity index is 1280. The van der Waals surface area contributed by atoms with Crippen LogP contribution in [0.2, 0.25) is 0 Å². The van der Waals surface area contributed by atoms with E-state index in [1.54, 1.807) is 25.7 Å². The lowest BCUT2D eigenvalue weighted by Crippen LogP contribution is -2.29. The molecular formula is C81H158O3. The second-order valence-corrected chi connectivity index (χ2v) is 29.5. The summed E-state index contributed by atoms with van der Waals surface area (Å²) in [4.78, 5) is 12.6. The first-order valence-corrected chi connectivity index (χ1v) is 40.4. The first-order chi connectivity index (χ1) is 41.6. The van der Waals surface area contributed by atoms with Crippen LogP contribution in [-0.2, 0) is 9.53 Å². The Balaban J connectivity index is 1.21. The first kappa shape index (κ1) is 79.5. The Kier molecular flexibility index (Phi) is 60.6. The highest BCUT2D eigenvalue weighted by molar-refractivity contribution is 5.72. The van der Waals surface area contributed by atoms with Gasteiger partial charge >= 0.3 is 5.97 Å². The summed E-state index contributed by atoms with van der Waals surface area (Å²) >= 11 is 0. The van der Waals surface area contributed by atoms with Crippen LogP contribution in [0.1, 0.15) is 470 Å². The number of hydrogen-bond donors (Lipinski definition) is 1. The summed E-state index contributed by atoms with van der Waals surface area (Å²) in [5.41, 5.74) is 0. The fourth-order valence-corrected chi connectivity index (χ4v) is 15.1. The van der Waals surface area contributed by atoms with Crippen molar-refractivity contribution in [2.24, 2.45) is 29.6 Å². The lowest BCUT2D eigenvalue weighted by molar-refractivity contribution is -0.150. The number of rotatable bonds is 73. The highest BCUT2D eigenvalue weighted by Gasteiger charge is 2.36. The second kappa shape index (κ2) is 64.0. The monoisotopic (exact) mass is 1180 g/mol. The Morgan fingerprint density at radius 3 is 0.631 bits per heavy atom. The Morgan fingerprint density at radius 1 is 0.274 bits per heavy atom. The van der Waals surface area contributed by atoms with Crippen LogP contribution >= 0.6 is 0 Å². The van der Waals surface area contributed by atoms with Crippen LogP contribution in [0.15, 0.2) is 0 Å². The van der Waals surface area contributed by atoms with Crippen molar-refractivity contribution in [3.05, 3.63) is 0 Å². The number of unbranched alkanes of at least 4 members (excludes halogenated alkanes) is 59. The van der Waals surface area contributed by atoms with Crippen molar-refractivity contribution in [3.63, 3.8) is 0 Å². The third-order valence-corrected chi connectivity index (χ3v) is 21.4. The molecule has 2 aliphatic rings. The molecule has 1 N–H and O–H groups in total. The van der Waals surface area contributed by atoms with E-state index in [1.807, 2.05) is 0 Å². The molecule has 84 heavy (non-hydrogen) atoms. The van der Waals surface area contributed by atoms with Gasteiger partial charge in [-0.2, -0.15) is 0 Å². The first-order valence-electron chi connectivity index (χ1n) is 40.4. The molecule has 2 saturated carbocycles. The highest BCUT2D eigenvalue weighted by atomic mass is 16.5.